The molecule has 1 aromatic heterocycles. The van der Waals surface area contributed by atoms with E-state index in [2.05, 4.69) is 40.8 Å². The number of hydrogen-bond acceptors (Lipinski definition) is 3. The number of benzene rings is 1. The fourth-order valence-corrected chi connectivity index (χ4v) is 2.46. The van der Waals surface area contributed by atoms with Crippen LogP contribution in [-0.4, -0.2) is 4.98 Å². The lowest BCUT2D eigenvalue weighted by Gasteiger charge is -2.11. The van der Waals surface area contributed by atoms with Gasteiger partial charge in [-0.2, -0.15) is 0 Å². The predicted octanol–water partition coefficient (Wildman–Crippen LogP) is 4.82. The smallest absolute Gasteiger partial charge is 0.279 e. The summed E-state index contributed by atoms with van der Waals surface area (Å²) >= 11 is 4.86. The van der Waals surface area contributed by atoms with E-state index in [0.717, 1.165) is 9.54 Å². The average Bonchev–Trinajstić information content (AvgIpc) is 2.64. The molecule has 1 aromatic carbocycles. The third kappa shape index (κ3) is 2.62. The zero-order chi connectivity index (χ0) is 11.5. The molecule has 0 N–H and O–H groups in total. The second kappa shape index (κ2) is 4.97. The summed E-state index contributed by atoms with van der Waals surface area (Å²) in [5, 5.41) is 0.667. The van der Waals surface area contributed by atoms with E-state index in [1.165, 1.54) is 16.9 Å². The highest BCUT2D eigenvalue weighted by atomic mass is 79.9. The SMILES string of the molecule is CC(C)c1ccccc1Oc1ncc(Br)s1. The highest BCUT2D eigenvalue weighted by Gasteiger charge is 2.09. The zero-order valence-electron chi connectivity index (χ0n) is 9.11. The molecular formula is C12H12BrNOS. The lowest BCUT2D eigenvalue weighted by atomic mass is 10.0. The molecule has 2 rings (SSSR count). The molecule has 0 fully saturated rings. The van der Waals surface area contributed by atoms with Crippen LogP contribution in [0.25, 0.3) is 0 Å². The van der Waals surface area contributed by atoms with Crippen LogP contribution < -0.4 is 4.74 Å². The van der Waals surface area contributed by atoms with Crippen LogP contribution in [0.4, 0.5) is 0 Å². The molecule has 0 atom stereocenters. The van der Waals surface area contributed by atoms with E-state index in [0.29, 0.717) is 11.1 Å². The van der Waals surface area contributed by atoms with Crippen molar-refractivity contribution in [3.63, 3.8) is 0 Å². The minimum atomic E-state index is 0.444. The molecule has 0 aliphatic rings. The largest absolute Gasteiger partial charge is 0.431 e. The molecule has 16 heavy (non-hydrogen) atoms. The van der Waals surface area contributed by atoms with E-state index in [4.69, 9.17) is 4.74 Å². The van der Waals surface area contributed by atoms with Crippen LogP contribution in [0.15, 0.2) is 34.2 Å². The molecule has 0 spiro atoms. The minimum absolute atomic E-state index is 0.444. The number of rotatable bonds is 3. The van der Waals surface area contributed by atoms with Crippen LogP contribution in [0.5, 0.6) is 10.9 Å². The summed E-state index contributed by atoms with van der Waals surface area (Å²) < 4.78 is 6.75. The minimum Gasteiger partial charge on any atom is -0.431 e. The van der Waals surface area contributed by atoms with Crippen LogP contribution in [-0.2, 0) is 0 Å². The van der Waals surface area contributed by atoms with Crippen LogP contribution in [0.3, 0.4) is 0 Å². The predicted molar refractivity (Wildman–Crippen MR) is 70.4 cm³/mol. The summed E-state index contributed by atoms with van der Waals surface area (Å²) in [6.45, 7) is 4.31. The number of aromatic nitrogens is 1. The zero-order valence-corrected chi connectivity index (χ0v) is 11.5. The Balaban J connectivity index is 2.27. The van der Waals surface area contributed by atoms with Crippen molar-refractivity contribution in [1.82, 2.24) is 4.98 Å². The van der Waals surface area contributed by atoms with Gasteiger partial charge in [-0.25, -0.2) is 4.98 Å². The number of para-hydroxylation sites is 1. The van der Waals surface area contributed by atoms with Crippen molar-refractivity contribution in [3.05, 3.63) is 39.8 Å². The number of hydrogen-bond donors (Lipinski definition) is 0. The first kappa shape index (κ1) is 11.6. The Morgan fingerprint density at radius 2 is 2.06 bits per heavy atom. The first-order chi connectivity index (χ1) is 7.66. The summed E-state index contributed by atoms with van der Waals surface area (Å²) in [4.78, 5) is 4.16. The molecule has 0 radical (unpaired) electrons. The average molecular weight is 298 g/mol. The highest BCUT2D eigenvalue weighted by molar-refractivity contribution is 9.11. The van der Waals surface area contributed by atoms with Gasteiger partial charge in [0.25, 0.3) is 5.19 Å². The van der Waals surface area contributed by atoms with E-state index < -0.39 is 0 Å². The van der Waals surface area contributed by atoms with Crippen molar-refractivity contribution in [1.29, 1.82) is 0 Å². The normalized spacial score (nSPS) is 10.8. The Hall–Kier alpha value is -0.870. The molecule has 1 heterocycles. The Morgan fingerprint density at radius 3 is 2.69 bits per heavy atom. The summed E-state index contributed by atoms with van der Waals surface area (Å²) in [5.74, 6) is 1.33. The van der Waals surface area contributed by atoms with Gasteiger partial charge in [0.15, 0.2) is 0 Å². The van der Waals surface area contributed by atoms with Crippen LogP contribution in [0.2, 0.25) is 0 Å². The summed E-state index contributed by atoms with van der Waals surface area (Å²) in [7, 11) is 0. The van der Waals surface area contributed by atoms with Crippen molar-refractivity contribution in [2.75, 3.05) is 0 Å². The maximum absolute atomic E-state index is 5.77. The second-order valence-corrected chi connectivity index (χ2v) is 6.10. The molecule has 0 saturated heterocycles. The molecule has 0 aliphatic heterocycles. The highest BCUT2D eigenvalue weighted by Crippen LogP contribution is 2.33. The first-order valence-electron chi connectivity index (χ1n) is 5.05. The Bertz CT molecular complexity index is 481. The Morgan fingerprint density at radius 1 is 1.31 bits per heavy atom. The number of nitrogens with zero attached hydrogens (tertiary/aromatic N) is 1. The first-order valence-corrected chi connectivity index (χ1v) is 6.66. The van der Waals surface area contributed by atoms with Gasteiger partial charge in [0.2, 0.25) is 0 Å². The summed E-state index contributed by atoms with van der Waals surface area (Å²) in [6.07, 6.45) is 1.75. The number of halogens is 1. The van der Waals surface area contributed by atoms with Gasteiger partial charge in [-0.3, -0.25) is 0 Å². The molecule has 2 aromatic rings. The van der Waals surface area contributed by atoms with Gasteiger partial charge in [0, 0.05) is 0 Å². The maximum Gasteiger partial charge on any atom is 0.279 e. The van der Waals surface area contributed by atoms with E-state index in [1.807, 2.05) is 18.2 Å². The molecule has 0 bridgehead atoms. The summed E-state index contributed by atoms with van der Waals surface area (Å²) in [6, 6.07) is 8.07. The van der Waals surface area contributed by atoms with Crippen molar-refractivity contribution in [2.24, 2.45) is 0 Å². The van der Waals surface area contributed by atoms with E-state index >= 15 is 0 Å². The molecule has 2 nitrogen and oxygen atoms in total. The van der Waals surface area contributed by atoms with Crippen LogP contribution >= 0.6 is 27.3 Å². The van der Waals surface area contributed by atoms with Gasteiger partial charge in [-0.15, -0.1) is 0 Å². The van der Waals surface area contributed by atoms with Crippen LogP contribution in [0.1, 0.15) is 25.3 Å². The number of ether oxygens (including phenoxy) is 1. The molecule has 0 saturated carbocycles. The van der Waals surface area contributed by atoms with Crippen molar-refractivity contribution < 1.29 is 4.74 Å². The monoisotopic (exact) mass is 297 g/mol. The standard InChI is InChI=1S/C12H12BrNOS/c1-8(2)9-5-3-4-6-10(9)15-12-14-7-11(13)16-12/h3-8H,1-2H3. The van der Waals surface area contributed by atoms with E-state index in [1.54, 1.807) is 6.20 Å². The fraction of sp³-hybridized carbons (Fsp3) is 0.250. The van der Waals surface area contributed by atoms with Crippen molar-refractivity contribution >= 4 is 27.3 Å². The molecule has 0 unspecified atom stereocenters. The topological polar surface area (TPSA) is 22.1 Å². The van der Waals surface area contributed by atoms with Gasteiger partial charge >= 0.3 is 0 Å². The van der Waals surface area contributed by atoms with Gasteiger partial charge in [0.05, 0.1) is 9.98 Å². The van der Waals surface area contributed by atoms with Gasteiger partial charge in [-0.1, -0.05) is 43.4 Å². The molecule has 0 amide bonds. The maximum atomic E-state index is 5.77. The lowest BCUT2D eigenvalue weighted by Crippen LogP contribution is -1.92. The van der Waals surface area contributed by atoms with E-state index in [9.17, 15) is 0 Å². The Kier molecular flexibility index (Phi) is 3.61. The van der Waals surface area contributed by atoms with Crippen molar-refractivity contribution in [3.8, 4) is 10.9 Å². The van der Waals surface area contributed by atoms with Crippen molar-refractivity contribution in [2.45, 2.75) is 19.8 Å². The molecule has 4 heteroatoms. The van der Waals surface area contributed by atoms with Crippen LogP contribution in [0, 0.1) is 0 Å². The molecular weight excluding hydrogens is 286 g/mol. The lowest BCUT2D eigenvalue weighted by molar-refractivity contribution is 0.469. The van der Waals surface area contributed by atoms with Gasteiger partial charge in [-0.05, 0) is 33.5 Å². The van der Waals surface area contributed by atoms with E-state index in [-0.39, 0.29) is 0 Å². The van der Waals surface area contributed by atoms with Gasteiger partial charge < -0.3 is 4.74 Å². The summed E-state index contributed by atoms with van der Waals surface area (Å²) in [5.41, 5.74) is 1.20. The Labute approximate surface area is 107 Å². The number of thiazole rings is 1. The molecule has 84 valence electrons. The molecule has 0 aliphatic carbocycles. The fourth-order valence-electron chi connectivity index (χ4n) is 1.43. The second-order valence-electron chi connectivity index (χ2n) is 3.72. The quantitative estimate of drug-likeness (QED) is 0.810. The van der Waals surface area contributed by atoms with Gasteiger partial charge in [0.1, 0.15) is 5.75 Å². The third-order valence-electron chi connectivity index (χ3n) is 2.19. The third-order valence-corrected chi connectivity index (χ3v) is 3.55.